The molecular weight excluding hydrogens is 408 g/mol. The number of fused-ring (bicyclic) bond motifs is 1. The van der Waals surface area contributed by atoms with Gasteiger partial charge in [0.1, 0.15) is 17.6 Å². The van der Waals surface area contributed by atoms with E-state index in [0.29, 0.717) is 22.4 Å². The normalized spacial score (nSPS) is 11.7. The number of aryl methyl sites for hydroxylation is 2. The molecular formula is C18H18N8O3S. The minimum absolute atomic E-state index is 0.0314. The number of hydrogen-bond donors (Lipinski definition) is 2. The van der Waals surface area contributed by atoms with E-state index in [9.17, 15) is 13.2 Å². The zero-order valence-corrected chi connectivity index (χ0v) is 17.0. The summed E-state index contributed by atoms with van der Waals surface area (Å²) in [7, 11) is -2.18. The van der Waals surface area contributed by atoms with Crippen LogP contribution in [0.1, 0.15) is 5.69 Å². The van der Waals surface area contributed by atoms with Gasteiger partial charge in [0, 0.05) is 24.3 Å². The van der Waals surface area contributed by atoms with Gasteiger partial charge in [0.25, 0.3) is 0 Å². The van der Waals surface area contributed by atoms with Crippen molar-refractivity contribution < 1.29 is 13.2 Å². The molecule has 0 radical (unpaired) electrons. The van der Waals surface area contributed by atoms with Crippen LogP contribution >= 0.6 is 0 Å². The molecule has 0 fully saturated rings. The van der Waals surface area contributed by atoms with E-state index in [1.165, 1.54) is 18.6 Å². The smallest absolute Gasteiger partial charge is 0.242 e. The first kappa shape index (κ1) is 19.7. The van der Waals surface area contributed by atoms with Gasteiger partial charge in [-0.05, 0) is 37.3 Å². The van der Waals surface area contributed by atoms with Gasteiger partial charge in [0.2, 0.25) is 15.9 Å². The topological polar surface area (TPSA) is 137 Å². The van der Waals surface area contributed by atoms with Crippen molar-refractivity contribution in [2.24, 2.45) is 7.05 Å². The molecule has 3 aromatic heterocycles. The largest absolute Gasteiger partial charge is 0.325 e. The van der Waals surface area contributed by atoms with Crippen molar-refractivity contribution in [2.45, 2.75) is 11.8 Å². The number of aromatic nitrogens is 6. The van der Waals surface area contributed by atoms with Gasteiger partial charge in [-0.1, -0.05) is 0 Å². The lowest BCUT2D eigenvalue weighted by atomic mass is 10.3. The summed E-state index contributed by atoms with van der Waals surface area (Å²) >= 11 is 0. The number of anilines is 1. The van der Waals surface area contributed by atoms with Crippen molar-refractivity contribution in [3.8, 4) is 5.69 Å². The van der Waals surface area contributed by atoms with Crippen molar-refractivity contribution in [1.29, 1.82) is 0 Å². The highest BCUT2D eigenvalue weighted by Gasteiger charge is 2.18. The van der Waals surface area contributed by atoms with Crippen LogP contribution in [0.5, 0.6) is 0 Å². The zero-order chi connectivity index (χ0) is 21.3. The molecule has 0 aliphatic rings. The summed E-state index contributed by atoms with van der Waals surface area (Å²) < 4.78 is 30.6. The number of nitrogens with zero attached hydrogens (tertiary/aromatic N) is 6. The molecule has 0 unspecified atom stereocenters. The lowest BCUT2D eigenvalue weighted by Gasteiger charge is -2.09. The minimum atomic E-state index is -3.91. The van der Waals surface area contributed by atoms with E-state index >= 15 is 0 Å². The molecule has 30 heavy (non-hydrogen) atoms. The Kier molecular flexibility index (Phi) is 5.01. The Morgan fingerprint density at radius 3 is 2.67 bits per heavy atom. The van der Waals surface area contributed by atoms with Gasteiger partial charge in [-0.15, -0.1) is 0 Å². The van der Waals surface area contributed by atoms with E-state index in [4.69, 9.17) is 0 Å². The predicted octanol–water partition coefficient (Wildman–Crippen LogP) is 0.774. The first-order valence-electron chi connectivity index (χ1n) is 8.87. The minimum Gasteiger partial charge on any atom is -0.325 e. The molecule has 2 N–H and O–H groups in total. The Morgan fingerprint density at radius 2 is 1.97 bits per heavy atom. The molecule has 3 heterocycles. The van der Waals surface area contributed by atoms with Crippen molar-refractivity contribution in [3.63, 3.8) is 0 Å². The Balaban J connectivity index is 1.41. The van der Waals surface area contributed by atoms with Gasteiger partial charge in [-0.3, -0.25) is 9.48 Å². The highest BCUT2D eigenvalue weighted by Crippen LogP contribution is 2.19. The number of pyridine rings is 1. The number of sulfonamides is 1. The summed E-state index contributed by atoms with van der Waals surface area (Å²) in [6, 6.07) is 8.38. The third-order valence-electron chi connectivity index (χ3n) is 4.41. The molecule has 0 saturated heterocycles. The third kappa shape index (κ3) is 3.90. The number of carbonyl (C=O) groups excluding carboxylic acids is 1. The van der Waals surface area contributed by atoms with Crippen LogP contribution in [0.2, 0.25) is 0 Å². The molecule has 154 valence electrons. The second kappa shape index (κ2) is 7.65. The van der Waals surface area contributed by atoms with Crippen LogP contribution < -0.4 is 10.0 Å². The molecule has 11 nitrogen and oxygen atoms in total. The lowest BCUT2D eigenvalue weighted by Crippen LogP contribution is -2.33. The Morgan fingerprint density at radius 1 is 1.20 bits per heavy atom. The van der Waals surface area contributed by atoms with E-state index in [1.54, 1.807) is 53.9 Å². The van der Waals surface area contributed by atoms with Gasteiger partial charge < -0.3 is 5.32 Å². The number of carbonyl (C=O) groups is 1. The molecule has 0 bridgehead atoms. The van der Waals surface area contributed by atoms with Crippen molar-refractivity contribution in [3.05, 3.63) is 54.9 Å². The van der Waals surface area contributed by atoms with Crippen molar-refractivity contribution in [2.75, 3.05) is 11.9 Å². The number of hydrogen-bond acceptors (Lipinski definition) is 7. The van der Waals surface area contributed by atoms with E-state index in [2.05, 4.69) is 30.2 Å². The van der Waals surface area contributed by atoms with E-state index < -0.39 is 22.5 Å². The second-order valence-electron chi connectivity index (χ2n) is 6.51. The van der Waals surface area contributed by atoms with Gasteiger partial charge in [-0.2, -0.15) is 10.2 Å². The van der Waals surface area contributed by atoms with Gasteiger partial charge >= 0.3 is 0 Å². The molecule has 4 aromatic rings. The second-order valence-corrected chi connectivity index (χ2v) is 8.28. The highest BCUT2D eigenvalue weighted by molar-refractivity contribution is 7.89. The molecule has 0 aliphatic heterocycles. The first-order valence-corrected chi connectivity index (χ1v) is 10.4. The Hall–Kier alpha value is -3.64. The molecule has 0 spiro atoms. The monoisotopic (exact) mass is 426 g/mol. The molecule has 0 aliphatic carbocycles. The lowest BCUT2D eigenvalue weighted by molar-refractivity contribution is -0.115. The average Bonchev–Trinajstić information content (AvgIpc) is 3.36. The molecule has 12 heteroatoms. The van der Waals surface area contributed by atoms with Crippen molar-refractivity contribution in [1.82, 2.24) is 34.3 Å². The summed E-state index contributed by atoms with van der Waals surface area (Å²) in [6.45, 7) is 1.35. The van der Waals surface area contributed by atoms with Crippen molar-refractivity contribution >= 4 is 32.7 Å². The van der Waals surface area contributed by atoms with Gasteiger partial charge in [0.15, 0.2) is 5.65 Å². The third-order valence-corrected chi connectivity index (χ3v) is 5.77. The summed E-state index contributed by atoms with van der Waals surface area (Å²) in [5, 5.41) is 11.5. The average molecular weight is 426 g/mol. The quantitative estimate of drug-likeness (QED) is 0.465. The predicted molar refractivity (Wildman–Crippen MR) is 108 cm³/mol. The number of benzene rings is 1. The number of amides is 1. The summed E-state index contributed by atoms with van der Waals surface area (Å²) in [5.41, 5.74) is 2.56. The van der Waals surface area contributed by atoms with Gasteiger partial charge in [-0.25, -0.2) is 27.8 Å². The fraction of sp³-hybridized carbons (Fsp3) is 0.167. The molecule has 0 saturated carbocycles. The summed E-state index contributed by atoms with van der Waals surface area (Å²) in [5.74, 6) is -0.501. The molecule has 4 rings (SSSR count). The van der Waals surface area contributed by atoms with Crippen LogP contribution in [0, 0.1) is 6.92 Å². The summed E-state index contributed by atoms with van der Waals surface area (Å²) in [4.78, 5) is 20.2. The van der Waals surface area contributed by atoms with E-state index in [-0.39, 0.29) is 4.90 Å². The maximum atomic E-state index is 12.6. The Bertz CT molecular complexity index is 1310. The maximum Gasteiger partial charge on any atom is 0.242 e. The number of rotatable bonds is 6. The van der Waals surface area contributed by atoms with Crippen LogP contribution in [0.3, 0.4) is 0 Å². The van der Waals surface area contributed by atoms with Crippen LogP contribution in [0.25, 0.3) is 16.7 Å². The van der Waals surface area contributed by atoms with Gasteiger partial charge in [0.05, 0.1) is 17.9 Å². The van der Waals surface area contributed by atoms with Crippen LogP contribution in [-0.2, 0) is 21.9 Å². The SMILES string of the molecule is Cc1nn(C)c2ncc(S(=O)(=O)NCC(=O)Nc3ccc(-n4cncn4)cc3)cc12. The van der Waals surface area contributed by atoms with Crippen LogP contribution in [-0.4, -0.2) is 50.4 Å². The van der Waals surface area contributed by atoms with Crippen LogP contribution in [0.15, 0.2) is 54.1 Å². The fourth-order valence-electron chi connectivity index (χ4n) is 2.92. The van der Waals surface area contributed by atoms with E-state index in [1.807, 2.05) is 0 Å². The summed E-state index contributed by atoms with van der Waals surface area (Å²) in [6.07, 6.45) is 4.22. The molecule has 0 atom stereocenters. The van der Waals surface area contributed by atoms with E-state index in [0.717, 1.165) is 5.69 Å². The maximum absolute atomic E-state index is 12.6. The standard InChI is InChI=1S/C18H18N8O3S/c1-12-16-7-15(8-20-18(16)25(2)24-12)30(28,29)22-9-17(27)23-13-3-5-14(6-4-13)26-11-19-10-21-26/h3-8,10-11,22H,9H2,1-2H3,(H,23,27). The molecule has 1 amide bonds. The number of nitrogens with one attached hydrogen (secondary N) is 2. The highest BCUT2D eigenvalue weighted by atomic mass is 32.2. The first-order chi connectivity index (χ1) is 14.3. The van der Waals surface area contributed by atoms with Crippen LogP contribution in [0.4, 0.5) is 5.69 Å². The Labute approximate surface area is 171 Å². The zero-order valence-electron chi connectivity index (χ0n) is 16.1. The fourth-order valence-corrected chi connectivity index (χ4v) is 3.88. The molecule has 1 aromatic carbocycles.